The lowest BCUT2D eigenvalue weighted by atomic mass is 9.97. The third-order valence-electron chi connectivity index (χ3n) is 2.44. The van der Waals surface area contributed by atoms with Crippen LogP contribution in [0.3, 0.4) is 0 Å². The van der Waals surface area contributed by atoms with E-state index in [2.05, 4.69) is 38.0 Å². The molecule has 0 aromatic carbocycles. The highest BCUT2D eigenvalue weighted by Gasteiger charge is 2.22. The molecule has 0 aromatic heterocycles. The highest BCUT2D eigenvalue weighted by molar-refractivity contribution is 8.13. The number of hydrogen-bond donors (Lipinski definition) is 1. The molecule has 17 heavy (non-hydrogen) atoms. The maximum atomic E-state index is 5.53. The number of amidine groups is 1. The van der Waals surface area contributed by atoms with Crippen LogP contribution in [0.15, 0.2) is 4.99 Å². The quantitative estimate of drug-likeness (QED) is 0.744. The number of ether oxygens (including phenoxy) is 1. The fourth-order valence-electron chi connectivity index (χ4n) is 1.44. The normalized spacial score (nSPS) is 19.2. The van der Waals surface area contributed by atoms with Crippen LogP contribution in [0.2, 0.25) is 0 Å². The minimum Gasteiger partial charge on any atom is -0.381 e. The van der Waals surface area contributed by atoms with Crippen molar-refractivity contribution in [2.24, 2.45) is 16.3 Å². The van der Waals surface area contributed by atoms with E-state index in [-0.39, 0.29) is 0 Å². The molecule has 1 aliphatic heterocycles. The van der Waals surface area contributed by atoms with Crippen LogP contribution in [0.25, 0.3) is 0 Å². The molecule has 1 rings (SSSR count). The fraction of sp³-hybridized carbons (Fsp3) is 0.923. The molecule has 0 aliphatic carbocycles. The molecule has 0 spiro atoms. The van der Waals surface area contributed by atoms with Gasteiger partial charge in [0.15, 0.2) is 5.17 Å². The Morgan fingerprint density at radius 1 is 1.47 bits per heavy atom. The van der Waals surface area contributed by atoms with Crippen molar-refractivity contribution in [1.82, 2.24) is 5.32 Å². The van der Waals surface area contributed by atoms with Crippen LogP contribution in [0.5, 0.6) is 0 Å². The third kappa shape index (κ3) is 6.94. The van der Waals surface area contributed by atoms with Crippen molar-refractivity contribution < 1.29 is 4.74 Å². The van der Waals surface area contributed by atoms with Crippen molar-refractivity contribution in [3.8, 4) is 0 Å². The average molecular weight is 258 g/mol. The Labute approximate surface area is 110 Å². The lowest BCUT2D eigenvalue weighted by Gasteiger charge is -2.27. The summed E-state index contributed by atoms with van der Waals surface area (Å²) in [5, 5.41) is 4.49. The first-order valence-electron chi connectivity index (χ1n) is 6.48. The van der Waals surface area contributed by atoms with Crippen molar-refractivity contribution in [2.75, 3.05) is 32.1 Å². The van der Waals surface area contributed by atoms with E-state index >= 15 is 0 Å². The van der Waals surface area contributed by atoms with Gasteiger partial charge in [-0.2, -0.15) is 0 Å². The Balaban J connectivity index is 2.02. The lowest BCUT2D eigenvalue weighted by Crippen LogP contribution is -2.32. The van der Waals surface area contributed by atoms with Gasteiger partial charge in [0.05, 0.1) is 0 Å². The SMILES string of the molecule is CC(C)COCCCNC1=NCC(C)(C)CS1. The largest absolute Gasteiger partial charge is 0.381 e. The third-order valence-corrected chi connectivity index (χ3v) is 3.92. The maximum absolute atomic E-state index is 5.53. The summed E-state index contributed by atoms with van der Waals surface area (Å²) in [5.74, 6) is 1.78. The molecular formula is C13H26N2OS. The summed E-state index contributed by atoms with van der Waals surface area (Å²) in [6.07, 6.45) is 1.05. The second-order valence-corrected chi connectivity index (χ2v) is 6.79. The zero-order chi connectivity index (χ0) is 12.7. The van der Waals surface area contributed by atoms with Crippen LogP contribution in [-0.4, -0.2) is 37.2 Å². The van der Waals surface area contributed by atoms with Gasteiger partial charge in [0, 0.05) is 32.1 Å². The smallest absolute Gasteiger partial charge is 0.156 e. The molecule has 4 heteroatoms. The zero-order valence-corrected chi connectivity index (χ0v) is 12.4. The minimum absolute atomic E-state index is 0.357. The monoisotopic (exact) mass is 258 g/mol. The topological polar surface area (TPSA) is 33.6 Å². The number of nitrogens with zero attached hydrogens (tertiary/aromatic N) is 1. The predicted molar refractivity (Wildman–Crippen MR) is 76.8 cm³/mol. The van der Waals surface area contributed by atoms with E-state index in [1.807, 2.05) is 11.8 Å². The van der Waals surface area contributed by atoms with E-state index in [9.17, 15) is 0 Å². The first-order chi connectivity index (χ1) is 7.99. The second kappa shape index (κ2) is 7.27. The number of hydrogen-bond acceptors (Lipinski definition) is 4. The van der Waals surface area contributed by atoms with Gasteiger partial charge < -0.3 is 10.1 Å². The van der Waals surface area contributed by atoms with E-state index in [1.54, 1.807) is 0 Å². The van der Waals surface area contributed by atoms with Crippen LogP contribution in [0.1, 0.15) is 34.1 Å². The molecule has 100 valence electrons. The summed E-state index contributed by atoms with van der Waals surface area (Å²) < 4.78 is 5.53. The molecule has 0 radical (unpaired) electrons. The summed E-state index contributed by atoms with van der Waals surface area (Å²) in [4.78, 5) is 4.56. The van der Waals surface area contributed by atoms with Gasteiger partial charge in [0.2, 0.25) is 0 Å². The summed E-state index contributed by atoms with van der Waals surface area (Å²) in [5.41, 5.74) is 0.357. The Morgan fingerprint density at radius 2 is 2.24 bits per heavy atom. The van der Waals surface area contributed by atoms with Crippen LogP contribution in [-0.2, 0) is 4.74 Å². The number of aliphatic imine (C=N–C) groups is 1. The molecular weight excluding hydrogens is 232 g/mol. The lowest BCUT2D eigenvalue weighted by molar-refractivity contribution is 0.108. The van der Waals surface area contributed by atoms with Gasteiger partial charge in [0.25, 0.3) is 0 Å². The minimum atomic E-state index is 0.357. The van der Waals surface area contributed by atoms with Crippen molar-refractivity contribution in [3.05, 3.63) is 0 Å². The van der Waals surface area contributed by atoms with Crippen LogP contribution in [0, 0.1) is 11.3 Å². The van der Waals surface area contributed by atoms with Crippen molar-refractivity contribution in [2.45, 2.75) is 34.1 Å². The molecule has 0 bridgehead atoms. The van der Waals surface area contributed by atoms with E-state index in [4.69, 9.17) is 4.74 Å². The Hall–Kier alpha value is -0.220. The Kier molecular flexibility index (Phi) is 6.34. The van der Waals surface area contributed by atoms with Gasteiger partial charge in [-0.05, 0) is 17.8 Å². The van der Waals surface area contributed by atoms with Crippen molar-refractivity contribution >= 4 is 16.9 Å². The van der Waals surface area contributed by atoms with Gasteiger partial charge in [-0.25, -0.2) is 0 Å². The highest BCUT2D eigenvalue weighted by atomic mass is 32.2. The molecule has 1 heterocycles. The number of nitrogens with one attached hydrogen (secondary N) is 1. The van der Waals surface area contributed by atoms with Crippen molar-refractivity contribution in [3.63, 3.8) is 0 Å². The molecule has 0 amide bonds. The van der Waals surface area contributed by atoms with Gasteiger partial charge in [0.1, 0.15) is 0 Å². The predicted octanol–water partition coefficient (Wildman–Crippen LogP) is 2.77. The van der Waals surface area contributed by atoms with E-state index < -0.39 is 0 Å². The van der Waals surface area contributed by atoms with Gasteiger partial charge in [-0.15, -0.1) is 0 Å². The Morgan fingerprint density at radius 3 is 2.82 bits per heavy atom. The van der Waals surface area contributed by atoms with Crippen LogP contribution < -0.4 is 5.32 Å². The molecule has 1 aliphatic rings. The molecule has 0 fully saturated rings. The molecule has 0 unspecified atom stereocenters. The van der Waals surface area contributed by atoms with Crippen LogP contribution in [0.4, 0.5) is 0 Å². The van der Waals surface area contributed by atoms with E-state index in [0.29, 0.717) is 11.3 Å². The number of thioether (sulfide) groups is 1. The second-order valence-electron chi connectivity index (χ2n) is 5.82. The number of rotatable bonds is 6. The molecule has 0 atom stereocenters. The van der Waals surface area contributed by atoms with E-state index in [0.717, 1.165) is 43.6 Å². The van der Waals surface area contributed by atoms with Gasteiger partial charge in [-0.3, -0.25) is 4.99 Å². The van der Waals surface area contributed by atoms with Crippen LogP contribution >= 0.6 is 11.8 Å². The molecule has 0 saturated carbocycles. The summed E-state index contributed by atoms with van der Waals surface area (Å²) in [6, 6.07) is 0. The summed E-state index contributed by atoms with van der Waals surface area (Å²) >= 11 is 1.84. The maximum Gasteiger partial charge on any atom is 0.156 e. The first kappa shape index (κ1) is 14.8. The molecule has 1 N–H and O–H groups in total. The fourth-order valence-corrected chi connectivity index (χ4v) is 2.42. The summed E-state index contributed by atoms with van der Waals surface area (Å²) in [7, 11) is 0. The molecule has 0 aromatic rings. The molecule has 0 saturated heterocycles. The Bertz CT molecular complexity index is 252. The standard InChI is InChI=1S/C13H26N2OS/c1-11(2)8-16-7-5-6-14-12-15-9-13(3,4)10-17-12/h11H,5-10H2,1-4H3,(H,14,15). The molecule has 3 nitrogen and oxygen atoms in total. The van der Waals surface area contributed by atoms with E-state index in [1.165, 1.54) is 0 Å². The van der Waals surface area contributed by atoms with Crippen molar-refractivity contribution in [1.29, 1.82) is 0 Å². The average Bonchev–Trinajstić information content (AvgIpc) is 2.25. The van der Waals surface area contributed by atoms with Gasteiger partial charge in [-0.1, -0.05) is 39.5 Å². The summed E-state index contributed by atoms with van der Waals surface area (Å²) in [6.45, 7) is 12.5. The zero-order valence-electron chi connectivity index (χ0n) is 11.6. The van der Waals surface area contributed by atoms with Gasteiger partial charge >= 0.3 is 0 Å². The highest BCUT2D eigenvalue weighted by Crippen LogP contribution is 2.26. The first-order valence-corrected chi connectivity index (χ1v) is 7.47.